The van der Waals surface area contributed by atoms with E-state index in [1.54, 1.807) is 18.2 Å². The number of alkyl halides is 3. The summed E-state index contributed by atoms with van der Waals surface area (Å²) in [5, 5.41) is 4.93. The minimum absolute atomic E-state index is 0.00587. The van der Waals surface area contributed by atoms with Crippen LogP contribution in [-0.4, -0.2) is 48.4 Å². The lowest BCUT2D eigenvalue weighted by Gasteiger charge is -2.12. The Morgan fingerprint density at radius 2 is 2.00 bits per heavy atom. The van der Waals surface area contributed by atoms with Gasteiger partial charge in [-0.2, -0.15) is 13.2 Å². The van der Waals surface area contributed by atoms with E-state index in [2.05, 4.69) is 43.8 Å². The maximum absolute atomic E-state index is 13.7. The van der Waals surface area contributed by atoms with Gasteiger partial charge in [0.1, 0.15) is 11.4 Å². The van der Waals surface area contributed by atoms with Crippen molar-refractivity contribution in [1.82, 2.24) is 15.2 Å². The van der Waals surface area contributed by atoms with Crippen LogP contribution in [0.2, 0.25) is 0 Å². The van der Waals surface area contributed by atoms with Gasteiger partial charge < -0.3 is 15.4 Å². The van der Waals surface area contributed by atoms with Gasteiger partial charge >= 0.3 is 6.18 Å². The summed E-state index contributed by atoms with van der Waals surface area (Å²) in [5.74, 6) is 5.08. The Labute approximate surface area is 229 Å². The van der Waals surface area contributed by atoms with E-state index in [9.17, 15) is 22.8 Å². The van der Waals surface area contributed by atoms with Crippen molar-refractivity contribution in [3.8, 4) is 17.6 Å². The number of hydrogen-bond donors (Lipinski definition) is 2. The lowest BCUT2D eigenvalue weighted by molar-refractivity contribution is -0.137. The van der Waals surface area contributed by atoms with Gasteiger partial charge in [-0.1, -0.05) is 17.6 Å². The number of likely N-dealkylation sites (tertiary alicyclic amines) is 1. The van der Waals surface area contributed by atoms with E-state index in [1.165, 1.54) is 43.6 Å². The van der Waals surface area contributed by atoms with Crippen LogP contribution >= 0.6 is 0 Å². The molecule has 1 aromatic heterocycles. The van der Waals surface area contributed by atoms with Crippen molar-refractivity contribution in [3.63, 3.8) is 0 Å². The molecule has 1 fully saturated rings. The van der Waals surface area contributed by atoms with Gasteiger partial charge in [-0.15, -0.1) is 0 Å². The first-order chi connectivity index (χ1) is 19.2. The predicted octanol–water partition coefficient (Wildman–Crippen LogP) is 4.62. The molecule has 1 saturated heterocycles. The summed E-state index contributed by atoms with van der Waals surface area (Å²) in [4.78, 5) is 30.3. The molecule has 4 rings (SSSR count). The molecule has 2 N–H and O–H groups in total. The summed E-state index contributed by atoms with van der Waals surface area (Å²) in [7, 11) is 1.49. The molecule has 7 nitrogen and oxygen atoms in total. The highest BCUT2D eigenvalue weighted by molar-refractivity contribution is 5.99. The minimum atomic E-state index is -4.63. The summed E-state index contributed by atoms with van der Waals surface area (Å²) >= 11 is 0. The Morgan fingerprint density at radius 3 is 2.75 bits per heavy atom. The van der Waals surface area contributed by atoms with Crippen molar-refractivity contribution in [2.24, 2.45) is 0 Å². The van der Waals surface area contributed by atoms with Crippen LogP contribution in [0.5, 0.6) is 5.75 Å². The quantitative estimate of drug-likeness (QED) is 0.301. The Morgan fingerprint density at radius 1 is 1.20 bits per heavy atom. The van der Waals surface area contributed by atoms with Gasteiger partial charge in [-0.05, 0) is 79.7 Å². The summed E-state index contributed by atoms with van der Waals surface area (Å²) in [6, 6.07) is 6.56. The smallest absolute Gasteiger partial charge is 0.417 e. The number of carbonyl (C=O) groups excluding carboxylic acids is 2. The average molecular weight is 547 g/mol. The van der Waals surface area contributed by atoms with Crippen LogP contribution in [0.4, 0.5) is 18.9 Å². The first-order valence-corrected chi connectivity index (χ1v) is 12.4. The highest BCUT2D eigenvalue weighted by Crippen LogP contribution is 2.33. The molecule has 1 aliphatic heterocycles. The first-order valence-electron chi connectivity index (χ1n) is 12.4. The molecule has 204 valence electrons. The van der Waals surface area contributed by atoms with Crippen molar-refractivity contribution >= 4 is 17.5 Å². The molecular weight excluding hydrogens is 521 g/mol. The van der Waals surface area contributed by atoms with Gasteiger partial charge in [-0.3, -0.25) is 19.5 Å². The number of amides is 2. The van der Waals surface area contributed by atoms with E-state index in [4.69, 9.17) is 4.74 Å². The lowest BCUT2D eigenvalue weighted by Crippen LogP contribution is -2.19. The molecule has 0 bridgehead atoms. The Bertz CT molecular complexity index is 1530. The number of pyridine rings is 1. The predicted molar refractivity (Wildman–Crippen MR) is 143 cm³/mol. The number of hydrogen-bond acceptors (Lipinski definition) is 5. The highest BCUT2D eigenvalue weighted by atomic mass is 19.4. The topological polar surface area (TPSA) is 83.6 Å². The maximum Gasteiger partial charge on any atom is 0.417 e. The van der Waals surface area contributed by atoms with E-state index in [0.29, 0.717) is 17.9 Å². The van der Waals surface area contributed by atoms with Crippen molar-refractivity contribution in [2.45, 2.75) is 19.0 Å². The molecule has 10 heteroatoms. The zero-order valence-electron chi connectivity index (χ0n) is 21.6. The largest absolute Gasteiger partial charge is 0.448 e. The number of aromatic nitrogens is 1. The normalized spacial score (nSPS) is 14.8. The number of nitrogens with zero attached hydrogens (tertiary/aromatic N) is 2. The average Bonchev–Trinajstić information content (AvgIpc) is 3.45. The number of allylic oxidation sites excluding steroid dienone is 4. The number of benzene rings is 1. The maximum atomic E-state index is 13.7. The molecule has 0 spiro atoms. The van der Waals surface area contributed by atoms with Crippen LogP contribution in [-0.2, 0) is 11.0 Å². The number of rotatable bonds is 7. The number of anilines is 1. The zero-order chi connectivity index (χ0) is 28.5. The van der Waals surface area contributed by atoms with Gasteiger partial charge in [0.25, 0.3) is 5.91 Å². The van der Waals surface area contributed by atoms with E-state index in [-0.39, 0.29) is 28.6 Å². The Hall–Kier alpha value is -4.80. The standard InChI is InChI=1S/C30H25F3N4O3/c1-34-29(39)27-20-25(13-14-35-27)40-24-8-4-6-21(18-24)9-12-28(38)36-23-11-10-22(26(19-23)30(31,32)33)7-5-17-37-15-2-3-16-37/h6,9-14,18-20H,2-3,15-17H2,1H3,(H,34,39)(H,36,38)/b12-9+. The molecule has 0 radical (unpaired) electrons. The summed E-state index contributed by atoms with van der Waals surface area (Å²) in [5.41, 5.74) is 5.20. The van der Waals surface area contributed by atoms with Crippen LogP contribution in [0.15, 0.2) is 83.6 Å². The van der Waals surface area contributed by atoms with Gasteiger partial charge in [0.2, 0.25) is 5.91 Å². The second kappa shape index (κ2) is 12.8. The molecule has 2 aliphatic rings. The molecule has 0 unspecified atom stereocenters. The molecule has 1 aromatic carbocycles. The Balaban J connectivity index is 1.40. The number of ether oxygens (including phenoxy) is 1. The summed E-state index contributed by atoms with van der Waals surface area (Å²) in [6.45, 7) is 2.22. The SMILES string of the molecule is CNC(=O)c1cc(OC2=C=C=CC(/C=C/C(=O)Nc3ccc(C#CCN4CCCC4)c(C(F)(F)F)c3)=C2)ccn1. The van der Waals surface area contributed by atoms with Crippen molar-refractivity contribution in [3.05, 3.63) is 100 Å². The zero-order valence-corrected chi connectivity index (χ0v) is 21.6. The van der Waals surface area contributed by atoms with Crippen LogP contribution in [0, 0.1) is 11.8 Å². The van der Waals surface area contributed by atoms with Crippen molar-refractivity contribution < 1.29 is 27.5 Å². The van der Waals surface area contributed by atoms with E-state index < -0.39 is 17.6 Å². The molecule has 40 heavy (non-hydrogen) atoms. The van der Waals surface area contributed by atoms with Crippen LogP contribution in [0.1, 0.15) is 34.5 Å². The molecule has 2 amide bonds. The second-order valence-corrected chi connectivity index (χ2v) is 8.85. The Kier molecular flexibility index (Phi) is 9.05. The van der Waals surface area contributed by atoms with Crippen LogP contribution in [0.3, 0.4) is 0 Å². The fraction of sp³-hybridized carbons (Fsp3) is 0.233. The number of nitrogens with one attached hydrogen (secondary N) is 2. The molecule has 1 aliphatic carbocycles. The van der Waals surface area contributed by atoms with E-state index >= 15 is 0 Å². The summed E-state index contributed by atoms with van der Waals surface area (Å²) < 4.78 is 46.8. The third-order valence-corrected chi connectivity index (χ3v) is 5.89. The van der Waals surface area contributed by atoms with Gasteiger partial charge in [-0.25, -0.2) is 0 Å². The molecule has 2 aromatic rings. The van der Waals surface area contributed by atoms with E-state index in [1.807, 2.05) is 0 Å². The van der Waals surface area contributed by atoms with E-state index in [0.717, 1.165) is 32.0 Å². The minimum Gasteiger partial charge on any atom is -0.448 e. The van der Waals surface area contributed by atoms with Gasteiger partial charge in [0, 0.05) is 36.6 Å². The molecule has 0 saturated carbocycles. The lowest BCUT2D eigenvalue weighted by atomic mass is 10.1. The number of halogens is 3. The third-order valence-electron chi connectivity index (χ3n) is 5.89. The molecular formula is C30H25F3N4O3. The second-order valence-electron chi connectivity index (χ2n) is 8.85. The van der Waals surface area contributed by atoms with Crippen LogP contribution < -0.4 is 15.4 Å². The van der Waals surface area contributed by atoms with Gasteiger partial charge in [0.15, 0.2) is 5.76 Å². The number of carbonyl (C=O) groups is 2. The van der Waals surface area contributed by atoms with Gasteiger partial charge in [0.05, 0.1) is 12.1 Å². The third kappa shape index (κ3) is 7.85. The summed E-state index contributed by atoms with van der Waals surface area (Å²) in [6.07, 6.45) is 4.71. The van der Waals surface area contributed by atoms with Crippen molar-refractivity contribution in [2.75, 3.05) is 32.0 Å². The fourth-order valence-electron chi connectivity index (χ4n) is 3.93. The molecule has 2 heterocycles. The van der Waals surface area contributed by atoms with Crippen molar-refractivity contribution in [1.29, 1.82) is 0 Å². The molecule has 0 atom stereocenters. The fourth-order valence-corrected chi connectivity index (χ4v) is 3.93. The van der Waals surface area contributed by atoms with Crippen LogP contribution in [0.25, 0.3) is 0 Å². The highest BCUT2D eigenvalue weighted by Gasteiger charge is 2.33. The monoisotopic (exact) mass is 546 g/mol. The first kappa shape index (κ1) is 28.2.